The first-order valence-electron chi connectivity index (χ1n) is 8.45. The van der Waals surface area contributed by atoms with Crippen molar-refractivity contribution >= 4 is 28.6 Å². The Morgan fingerprint density at radius 2 is 1.84 bits per heavy atom. The van der Waals surface area contributed by atoms with Crippen molar-refractivity contribution in [3.05, 3.63) is 48.9 Å². The number of aromatic nitrogens is 3. The second kappa shape index (κ2) is 8.68. The number of nitrogens with zero attached hydrogens (tertiary/aromatic N) is 2. The lowest BCUT2D eigenvalue weighted by Crippen LogP contribution is -2.29. The van der Waals surface area contributed by atoms with Gasteiger partial charge in [-0.05, 0) is 37.5 Å². The zero-order valence-corrected chi connectivity index (χ0v) is 14.0. The highest BCUT2D eigenvalue weighted by atomic mass is 16.2. The van der Waals surface area contributed by atoms with Crippen LogP contribution in [-0.2, 0) is 0 Å². The fraction of sp³-hybridized carbons (Fsp3) is 0.278. The van der Waals surface area contributed by atoms with Gasteiger partial charge in [0.15, 0.2) is 0 Å². The van der Waals surface area contributed by atoms with E-state index < -0.39 is 0 Å². The molecule has 2 aromatic heterocycles. The summed E-state index contributed by atoms with van der Waals surface area (Å²) in [4.78, 5) is 23.2. The minimum Gasteiger partial charge on any atom is -0.369 e. The third-order valence-electron chi connectivity index (χ3n) is 3.82. The van der Waals surface area contributed by atoms with Gasteiger partial charge in [0.25, 0.3) is 0 Å². The zero-order chi connectivity index (χ0) is 17.3. The van der Waals surface area contributed by atoms with E-state index >= 15 is 0 Å². The molecule has 0 atom stereocenters. The van der Waals surface area contributed by atoms with Crippen molar-refractivity contribution < 1.29 is 4.79 Å². The van der Waals surface area contributed by atoms with Crippen molar-refractivity contribution in [3.63, 3.8) is 0 Å². The molecule has 0 aliphatic rings. The molecule has 0 saturated heterocycles. The molecule has 3 aromatic rings. The molecule has 0 aliphatic carbocycles. The van der Waals surface area contributed by atoms with Crippen LogP contribution in [0.15, 0.2) is 48.9 Å². The molecule has 3 rings (SSSR count). The van der Waals surface area contributed by atoms with E-state index in [4.69, 9.17) is 0 Å². The normalized spacial score (nSPS) is 10.6. The van der Waals surface area contributed by atoms with E-state index in [2.05, 4.69) is 30.9 Å². The monoisotopic (exact) mass is 338 g/mol. The molecule has 4 N–H and O–H groups in total. The number of hydrogen-bond acceptors (Lipinski definition) is 4. The summed E-state index contributed by atoms with van der Waals surface area (Å²) >= 11 is 0. The number of nitrogens with one attached hydrogen (secondary N) is 4. The molecule has 0 radical (unpaired) electrons. The number of fused-ring (bicyclic) bond motifs is 1. The molecule has 130 valence electrons. The van der Waals surface area contributed by atoms with E-state index in [0.717, 1.165) is 48.3 Å². The quantitative estimate of drug-likeness (QED) is 0.474. The molecule has 0 aliphatic heterocycles. The van der Waals surface area contributed by atoms with Gasteiger partial charge in [-0.25, -0.2) is 14.8 Å². The molecular formula is C18H22N6O. The van der Waals surface area contributed by atoms with Gasteiger partial charge in [0.05, 0.1) is 5.39 Å². The van der Waals surface area contributed by atoms with Gasteiger partial charge in [-0.2, -0.15) is 0 Å². The standard InChI is InChI=1S/C18H22N6O/c25-18(24-14-7-3-1-4-8-14)21-11-6-2-5-10-19-16-15-9-12-20-17(15)23-13-22-16/h1,3-4,7-9,12-13H,2,5-6,10-11H2,(H2,21,24,25)(H2,19,20,22,23). The highest BCUT2D eigenvalue weighted by molar-refractivity contribution is 5.89. The molecule has 0 unspecified atom stereocenters. The first-order valence-corrected chi connectivity index (χ1v) is 8.45. The molecule has 2 amide bonds. The van der Waals surface area contributed by atoms with E-state index in [-0.39, 0.29) is 6.03 Å². The van der Waals surface area contributed by atoms with Gasteiger partial charge >= 0.3 is 6.03 Å². The van der Waals surface area contributed by atoms with Crippen LogP contribution in [-0.4, -0.2) is 34.1 Å². The van der Waals surface area contributed by atoms with Crippen molar-refractivity contribution in [1.82, 2.24) is 20.3 Å². The largest absolute Gasteiger partial charge is 0.369 e. The molecule has 0 fully saturated rings. The van der Waals surface area contributed by atoms with Crippen LogP contribution in [0.4, 0.5) is 16.3 Å². The smallest absolute Gasteiger partial charge is 0.319 e. The topological polar surface area (TPSA) is 94.7 Å². The van der Waals surface area contributed by atoms with E-state index in [1.165, 1.54) is 0 Å². The lowest BCUT2D eigenvalue weighted by atomic mass is 10.2. The third kappa shape index (κ3) is 4.94. The minimum atomic E-state index is -0.167. The summed E-state index contributed by atoms with van der Waals surface area (Å²) in [6.07, 6.45) is 6.39. The lowest BCUT2D eigenvalue weighted by Gasteiger charge is -2.08. The Bertz CT molecular complexity index is 801. The number of H-pyrrole nitrogens is 1. The Labute approximate surface area is 146 Å². The van der Waals surface area contributed by atoms with Crippen molar-refractivity contribution in [2.24, 2.45) is 0 Å². The predicted octanol–water partition coefficient (Wildman–Crippen LogP) is 3.36. The van der Waals surface area contributed by atoms with Crippen LogP contribution in [0, 0.1) is 0 Å². The average Bonchev–Trinajstić information content (AvgIpc) is 3.11. The molecular weight excluding hydrogens is 316 g/mol. The molecule has 0 bridgehead atoms. The lowest BCUT2D eigenvalue weighted by molar-refractivity contribution is 0.252. The number of benzene rings is 1. The molecule has 1 aromatic carbocycles. The molecule has 7 nitrogen and oxygen atoms in total. The van der Waals surface area contributed by atoms with Crippen molar-refractivity contribution in [2.45, 2.75) is 19.3 Å². The second-order valence-corrected chi connectivity index (χ2v) is 5.70. The summed E-state index contributed by atoms with van der Waals surface area (Å²) < 4.78 is 0. The number of para-hydroxylation sites is 1. The molecule has 25 heavy (non-hydrogen) atoms. The van der Waals surface area contributed by atoms with E-state index in [1.54, 1.807) is 6.33 Å². The van der Waals surface area contributed by atoms with Crippen molar-refractivity contribution in [1.29, 1.82) is 0 Å². The Morgan fingerprint density at radius 1 is 1.00 bits per heavy atom. The number of rotatable bonds is 8. The highest BCUT2D eigenvalue weighted by Gasteiger charge is 2.03. The number of carbonyl (C=O) groups is 1. The van der Waals surface area contributed by atoms with Gasteiger partial charge in [0.2, 0.25) is 0 Å². The maximum absolute atomic E-state index is 11.7. The summed E-state index contributed by atoms with van der Waals surface area (Å²) in [6.45, 7) is 1.50. The summed E-state index contributed by atoms with van der Waals surface area (Å²) in [5, 5.41) is 10.0. The highest BCUT2D eigenvalue weighted by Crippen LogP contribution is 2.17. The van der Waals surface area contributed by atoms with Gasteiger partial charge in [-0.3, -0.25) is 0 Å². The SMILES string of the molecule is O=C(NCCCCCNc1ncnc2[nH]ccc12)Nc1ccccc1. The Kier molecular flexibility index (Phi) is 5.82. The number of urea groups is 1. The van der Waals surface area contributed by atoms with E-state index in [1.807, 2.05) is 42.6 Å². The molecule has 7 heteroatoms. The van der Waals surface area contributed by atoms with Gasteiger partial charge in [-0.1, -0.05) is 18.2 Å². The first-order chi connectivity index (χ1) is 12.3. The van der Waals surface area contributed by atoms with Gasteiger partial charge in [0.1, 0.15) is 17.8 Å². The fourth-order valence-corrected chi connectivity index (χ4v) is 2.55. The summed E-state index contributed by atoms with van der Waals surface area (Å²) in [6, 6.07) is 11.2. The number of unbranched alkanes of at least 4 members (excludes halogenated alkanes) is 2. The van der Waals surface area contributed by atoms with Crippen LogP contribution in [0.1, 0.15) is 19.3 Å². The van der Waals surface area contributed by atoms with Crippen molar-refractivity contribution in [2.75, 3.05) is 23.7 Å². The maximum Gasteiger partial charge on any atom is 0.319 e. The average molecular weight is 338 g/mol. The third-order valence-corrected chi connectivity index (χ3v) is 3.82. The summed E-state index contributed by atoms with van der Waals surface area (Å²) in [7, 11) is 0. The number of amides is 2. The number of aromatic amines is 1. The predicted molar refractivity (Wildman–Crippen MR) is 99.7 cm³/mol. The Morgan fingerprint density at radius 3 is 2.72 bits per heavy atom. The number of anilines is 2. The fourth-order valence-electron chi connectivity index (χ4n) is 2.55. The first kappa shape index (κ1) is 16.8. The zero-order valence-electron chi connectivity index (χ0n) is 14.0. The van der Waals surface area contributed by atoms with Gasteiger partial charge in [-0.15, -0.1) is 0 Å². The van der Waals surface area contributed by atoms with Crippen molar-refractivity contribution in [3.8, 4) is 0 Å². The molecule has 2 heterocycles. The van der Waals surface area contributed by atoms with Crippen LogP contribution in [0.3, 0.4) is 0 Å². The minimum absolute atomic E-state index is 0.167. The van der Waals surface area contributed by atoms with Gasteiger partial charge in [0, 0.05) is 25.0 Å². The Balaban J connectivity index is 1.28. The van der Waals surface area contributed by atoms with Crippen LogP contribution < -0.4 is 16.0 Å². The maximum atomic E-state index is 11.7. The van der Waals surface area contributed by atoms with Crippen LogP contribution >= 0.6 is 0 Å². The number of carbonyl (C=O) groups excluding carboxylic acids is 1. The molecule has 0 saturated carbocycles. The van der Waals surface area contributed by atoms with Crippen LogP contribution in [0.5, 0.6) is 0 Å². The Hall–Kier alpha value is -3.09. The van der Waals surface area contributed by atoms with Crippen LogP contribution in [0.2, 0.25) is 0 Å². The number of hydrogen-bond donors (Lipinski definition) is 4. The summed E-state index contributed by atoms with van der Waals surface area (Å²) in [5.74, 6) is 0.853. The van der Waals surface area contributed by atoms with Crippen LogP contribution in [0.25, 0.3) is 11.0 Å². The van der Waals surface area contributed by atoms with E-state index in [0.29, 0.717) is 6.54 Å². The molecule has 0 spiro atoms. The van der Waals surface area contributed by atoms with E-state index in [9.17, 15) is 4.79 Å². The second-order valence-electron chi connectivity index (χ2n) is 5.70. The summed E-state index contributed by atoms with van der Waals surface area (Å²) in [5.41, 5.74) is 1.64. The van der Waals surface area contributed by atoms with Gasteiger partial charge < -0.3 is 20.9 Å².